The van der Waals surface area contributed by atoms with Crippen LogP contribution in [0.25, 0.3) is 21.5 Å². The molecule has 2 N–H and O–H groups in total. The Morgan fingerprint density at radius 1 is 0.903 bits per heavy atom. The Morgan fingerprint density at radius 3 is 2.23 bits per heavy atom. The van der Waals surface area contributed by atoms with E-state index in [-0.39, 0.29) is 22.3 Å². The summed E-state index contributed by atoms with van der Waals surface area (Å²) in [6.45, 7) is 0. The number of hydrogen-bond donors (Lipinski definition) is 2. The van der Waals surface area contributed by atoms with Gasteiger partial charge in [0.1, 0.15) is 21.8 Å². The Hall–Kier alpha value is -3.82. The second kappa shape index (κ2) is 7.78. The number of nitrogens with zero attached hydrogens (tertiary/aromatic N) is 2. The van der Waals surface area contributed by atoms with Crippen LogP contribution in [0.15, 0.2) is 81.9 Å². The average Bonchev–Trinajstić information content (AvgIpc) is 2.76. The van der Waals surface area contributed by atoms with Crippen molar-refractivity contribution in [3.05, 3.63) is 72.3 Å². The lowest BCUT2D eigenvalue weighted by Crippen LogP contribution is -2.01. The number of ether oxygens (including phenoxy) is 1. The Balaban J connectivity index is 1.97. The first kappa shape index (κ1) is 20.5. The van der Waals surface area contributed by atoms with Crippen molar-refractivity contribution in [2.45, 2.75) is 4.90 Å². The van der Waals surface area contributed by atoms with Crippen molar-refractivity contribution < 1.29 is 27.6 Å². The maximum Gasteiger partial charge on any atom is 0.341 e. The lowest BCUT2D eigenvalue weighted by molar-refractivity contribution is 0.0597. The van der Waals surface area contributed by atoms with E-state index in [4.69, 9.17) is 4.74 Å². The van der Waals surface area contributed by atoms with Gasteiger partial charge in [-0.3, -0.25) is 4.55 Å². The van der Waals surface area contributed by atoms with Gasteiger partial charge in [0.25, 0.3) is 10.1 Å². The number of azo groups is 1. The Labute approximate surface area is 177 Å². The number of aromatic hydroxyl groups is 1. The molecule has 0 aliphatic rings. The molecule has 4 aromatic carbocycles. The smallest absolute Gasteiger partial charge is 0.341 e. The number of rotatable bonds is 4. The summed E-state index contributed by atoms with van der Waals surface area (Å²) in [7, 11) is -3.45. The van der Waals surface area contributed by atoms with Crippen molar-refractivity contribution in [1.82, 2.24) is 0 Å². The Kier molecular flexibility index (Phi) is 5.14. The van der Waals surface area contributed by atoms with Crippen LogP contribution in [0.5, 0.6) is 5.75 Å². The first-order valence-electron chi connectivity index (χ1n) is 9.05. The Bertz CT molecular complexity index is 1480. The van der Waals surface area contributed by atoms with Crippen LogP contribution in [0.4, 0.5) is 11.4 Å². The average molecular weight is 436 g/mol. The molecule has 0 radical (unpaired) electrons. The summed E-state index contributed by atoms with van der Waals surface area (Å²) >= 11 is 0. The van der Waals surface area contributed by atoms with Crippen molar-refractivity contribution in [2.24, 2.45) is 10.2 Å². The summed E-state index contributed by atoms with van der Waals surface area (Å²) in [4.78, 5) is 11.7. The van der Waals surface area contributed by atoms with E-state index in [9.17, 15) is 22.9 Å². The molecule has 4 rings (SSSR count). The van der Waals surface area contributed by atoms with Crippen molar-refractivity contribution >= 4 is 49.0 Å². The van der Waals surface area contributed by atoms with Crippen LogP contribution in [-0.4, -0.2) is 31.2 Å². The largest absolute Gasteiger partial charge is 0.505 e. The third-order valence-corrected chi connectivity index (χ3v) is 5.72. The van der Waals surface area contributed by atoms with Crippen molar-refractivity contribution in [2.75, 3.05) is 7.11 Å². The highest BCUT2D eigenvalue weighted by Gasteiger charge is 2.21. The summed E-state index contributed by atoms with van der Waals surface area (Å²) < 4.78 is 38.7. The van der Waals surface area contributed by atoms with Gasteiger partial charge in [-0.15, -0.1) is 10.2 Å². The highest BCUT2D eigenvalue weighted by Crippen LogP contribution is 2.40. The quantitative estimate of drug-likeness (QED) is 0.259. The Morgan fingerprint density at radius 2 is 1.55 bits per heavy atom. The lowest BCUT2D eigenvalue weighted by Gasteiger charge is -2.10. The lowest BCUT2D eigenvalue weighted by atomic mass is 10.0. The van der Waals surface area contributed by atoms with E-state index >= 15 is 0 Å². The molecular weight excluding hydrogens is 420 g/mol. The van der Waals surface area contributed by atoms with Crippen LogP contribution in [0.3, 0.4) is 0 Å². The molecule has 0 bridgehead atoms. The van der Waals surface area contributed by atoms with Gasteiger partial charge in [0.2, 0.25) is 0 Å². The first-order chi connectivity index (χ1) is 14.8. The molecule has 0 spiro atoms. The van der Waals surface area contributed by atoms with Crippen LogP contribution >= 0.6 is 0 Å². The number of hydrogen-bond acceptors (Lipinski definition) is 7. The van der Waals surface area contributed by atoms with E-state index in [2.05, 4.69) is 10.2 Å². The predicted molar refractivity (Wildman–Crippen MR) is 115 cm³/mol. The van der Waals surface area contributed by atoms with Gasteiger partial charge in [0, 0.05) is 10.8 Å². The van der Waals surface area contributed by atoms with Gasteiger partial charge in [0.05, 0.1) is 7.11 Å². The molecule has 0 aliphatic carbocycles. The summed E-state index contributed by atoms with van der Waals surface area (Å²) in [5.41, 5.74) is -0.259. The molecule has 0 aromatic heterocycles. The van der Waals surface area contributed by atoms with E-state index in [1.165, 1.54) is 19.2 Å². The molecule has 31 heavy (non-hydrogen) atoms. The molecule has 156 valence electrons. The number of methoxy groups -OCH3 is 1. The highest BCUT2D eigenvalue weighted by atomic mass is 32.2. The fraction of sp³-hybridized carbons (Fsp3) is 0.0455. The fourth-order valence-corrected chi connectivity index (χ4v) is 4.21. The van der Waals surface area contributed by atoms with Crippen LogP contribution in [0.1, 0.15) is 10.4 Å². The van der Waals surface area contributed by atoms with E-state index in [1.54, 1.807) is 54.6 Å². The predicted octanol–water partition coefficient (Wildman–Crippen LogP) is 5.15. The molecule has 4 aromatic rings. The maximum absolute atomic E-state index is 12.1. The van der Waals surface area contributed by atoms with Gasteiger partial charge >= 0.3 is 5.97 Å². The highest BCUT2D eigenvalue weighted by molar-refractivity contribution is 7.86. The van der Waals surface area contributed by atoms with Gasteiger partial charge in [-0.1, -0.05) is 54.6 Å². The zero-order chi connectivity index (χ0) is 22.2. The molecule has 0 saturated carbocycles. The number of carbonyl (C=O) groups excluding carboxylic acids is 1. The third kappa shape index (κ3) is 3.72. The molecule has 0 saturated heterocycles. The summed E-state index contributed by atoms with van der Waals surface area (Å²) in [5, 5.41) is 20.7. The normalized spacial score (nSPS) is 11.9. The second-order valence-electron chi connectivity index (χ2n) is 6.64. The maximum atomic E-state index is 12.1. The minimum atomic E-state index is -4.63. The molecule has 0 atom stereocenters. The zero-order valence-corrected chi connectivity index (χ0v) is 17.0. The van der Waals surface area contributed by atoms with Gasteiger partial charge in [-0.05, 0) is 22.9 Å². The van der Waals surface area contributed by atoms with Crippen LogP contribution in [-0.2, 0) is 14.9 Å². The van der Waals surface area contributed by atoms with Gasteiger partial charge in [-0.25, -0.2) is 4.79 Å². The van der Waals surface area contributed by atoms with E-state index in [0.717, 1.165) is 0 Å². The second-order valence-corrected chi connectivity index (χ2v) is 8.00. The molecule has 0 fully saturated rings. The van der Waals surface area contributed by atoms with Crippen molar-refractivity contribution in [1.29, 1.82) is 0 Å². The number of phenols is 1. The molecule has 0 aliphatic heterocycles. The van der Waals surface area contributed by atoms with Crippen molar-refractivity contribution in [3.63, 3.8) is 0 Å². The van der Waals surface area contributed by atoms with Crippen LogP contribution < -0.4 is 0 Å². The summed E-state index contributed by atoms with van der Waals surface area (Å²) in [6, 6.07) is 18.0. The van der Waals surface area contributed by atoms with Crippen LogP contribution in [0, 0.1) is 0 Å². The summed E-state index contributed by atoms with van der Waals surface area (Å²) in [5.74, 6) is -1.22. The number of esters is 1. The molecular formula is C22H16N2O6S. The van der Waals surface area contributed by atoms with E-state index in [1.807, 2.05) is 0 Å². The van der Waals surface area contributed by atoms with Crippen LogP contribution in [0.2, 0.25) is 0 Å². The summed E-state index contributed by atoms with van der Waals surface area (Å²) in [6.07, 6.45) is 0. The molecule has 0 amide bonds. The number of carbonyl (C=O) groups is 1. The molecule has 9 heteroatoms. The van der Waals surface area contributed by atoms with Crippen molar-refractivity contribution in [3.8, 4) is 5.75 Å². The number of benzene rings is 4. The SMILES string of the molecule is COC(=O)c1cc2ccccc2c(N=Nc2ccc3ccccc3c2S(=O)(=O)O)c1O. The topological polar surface area (TPSA) is 126 Å². The van der Waals surface area contributed by atoms with Gasteiger partial charge in [-0.2, -0.15) is 8.42 Å². The minimum absolute atomic E-state index is 0.0343. The zero-order valence-electron chi connectivity index (χ0n) is 16.2. The minimum Gasteiger partial charge on any atom is -0.505 e. The molecule has 8 nitrogen and oxygen atoms in total. The van der Waals surface area contributed by atoms with E-state index in [0.29, 0.717) is 16.2 Å². The van der Waals surface area contributed by atoms with E-state index < -0.39 is 26.7 Å². The monoisotopic (exact) mass is 436 g/mol. The number of fused-ring (bicyclic) bond motifs is 2. The standard InChI is InChI=1S/C22H16N2O6S/c1-30-22(26)17-12-14-7-3-4-8-15(14)19(20(17)25)24-23-18-11-10-13-6-2-5-9-16(13)21(18)31(27,28)29/h2-12,25H,1H3,(H,27,28,29). The number of phenolic OH excluding ortho intramolecular Hbond substituents is 1. The molecule has 0 unspecified atom stereocenters. The first-order valence-corrected chi connectivity index (χ1v) is 10.5. The van der Waals surface area contributed by atoms with Gasteiger partial charge < -0.3 is 9.84 Å². The van der Waals surface area contributed by atoms with Gasteiger partial charge in [0.15, 0.2) is 5.75 Å². The third-order valence-electron chi connectivity index (χ3n) is 4.77. The molecule has 0 heterocycles. The fourth-order valence-electron chi connectivity index (χ4n) is 3.37.